The standard InChI is InChI=1S/C35H26N2O7/c38-30(28(19-22-11-3-1-4-12-22)36-31(39)24-15-7-8-16-25(24)32(36)40)21-44-35(43)29(20-23-13-5-2-6-14-23)37-33(41)26-17-9-10-18-27(26)34(37)42/h1-18,28-29H,19-21H2/t28-,29-/m0/s1. The first kappa shape index (κ1) is 28.4. The fourth-order valence-corrected chi connectivity index (χ4v) is 5.62. The summed E-state index contributed by atoms with van der Waals surface area (Å²) >= 11 is 0. The zero-order chi connectivity index (χ0) is 30.8. The molecule has 44 heavy (non-hydrogen) atoms. The first-order valence-corrected chi connectivity index (χ1v) is 14.1. The molecule has 6 rings (SSSR count). The third-order valence-electron chi connectivity index (χ3n) is 7.82. The van der Waals surface area contributed by atoms with E-state index in [1.165, 1.54) is 24.3 Å². The molecule has 0 N–H and O–H groups in total. The first-order valence-electron chi connectivity index (χ1n) is 14.1. The minimum absolute atomic E-state index is 0.00847. The van der Waals surface area contributed by atoms with Gasteiger partial charge in [0.15, 0.2) is 12.4 Å². The minimum Gasteiger partial charge on any atom is -0.456 e. The maximum absolute atomic E-state index is 13.7. The van der Waals surface area contributed by atoms with Crippen LogP contribution in [0.4, 0.5) is 0 Å². The second kappa shape index (κ2) is 11.9. The number of nitrogens with zero attached hydrogens (tertiary/aromatic N) is 2. The molecule has 9 heteroatoms. The van der Waals surface area contributed by atoms with Crippen molar-refractivity contribution >= 4 is 35.4 Å². The van der Waals surface area contributed by atoms with Crippen molar-refractivity contribution in [2.75, 3.05) is 6.61 Å². The Morgan fingerprint density at radius 1 is 0.500 bits per heavy atom. The summed E-state index contributed by atoms with van der Waals surface area (Å²) in [4.78, 5) is 82.3. The van der Waals surface area contributed by atoms with E-state index in [9.17, 15) is 28.8 Å². The summed E-state index contributed by atoms with van der Waals surface area (Å²) < 4.78 is 5.49. The van der Waals surface area contributed by atoms with Gasteiger partial charge in [0.2, 0.25) is 0 Å². The lowest BCUT2D eigenvalue weighted by Crippen LogP contribution is -2.49. The van der Waals surface area contributed by atoms with E-state index in [1.54, 1.807) is 84.9 Å². The number of carbonyl (C=O) groups excluding carboxylic acids is 6. The van der Waals surface area contributed by atoms with Crippen LogP contribution < -0.4 is 0 Å². The van der Waals surface area contributed by atoms with Gasteiger partial charge in [-0.2, -0.15) is 0 Å². The molecular weight excluding hydrogens is 560 g/mol. The number of hydrogen-bond donors (Lipinski definition) is 0. The van der Waals surface area contributed by atoms with E-state index in [0.29, 0.717) is 11.1 Å². The summed E-state index contributed by atoms with van der Waals surface area (Å²) in [5, 5.41) is 0. The van der Waals surface area contributed by atoms with Gasteiger partial charge in [-0.25, -0.2) is 4.79 Å². The smallest absolute Gasteiger partial charge is 0.330 e. The van der Waals surface area contributed by atoms with Crippen molar-refractivity contribution in [1.82, 2.24) is 9.80 Å². The molecule has 2 aliphatic rings. The predicted molar refractivity (Wildman–Crippen MR) is 158 cm³/mol. The van der Waals surface area contributed by atoms with E-state index in [-0.39, 0.29) is 35.1 Å². The van der Waals surface area contributed by atoms with Crippen LogP contribution in [0.15, 0.2) is 109 Å². The number of rotatable bonds is 10. The number of carbonyl (C=O) groups is 6. The van der Waals surface area contributed by atoms with E-state index in [4.69, 9.17) is 4.74 Å². The molecule has 4 aromatic carbocycles. The largest absolute Gasteiger partial charge is 0.456 e. The predicted octanol–water partition coefficient (Wildman–Crippen LogP) is 3.91. The highest BCUT2D eigenvalue weighted by Gasteiger charge is 2.45. The minimum atomic E-state index is -1.36. The number of ketones is 1. The number of hydrogen-bond acceptors (Lipinski definition) is 7. The van der Waals surface area contributed by atoms with E-state index >= 15 is 0 Å². The van der Waals surface area contributed by atoms with Gasteiger partial charge in [-0.15, -0.1) is 0 Å². The van der Waals surface area contributed by atoms with Crippen LogP contribution in [0.1, 0.15) is 52.6 Å². The normalized spacial score (nSPS) is 15.2. The van der Waals surface area contributed by atoms with Crippen LogP contribution >= 0.6 is 0 Å². The molecule has 0 bridgehead atoms. The average Bonchev–Trinajstić information content (AvgIpc) is 3.46. The quantitative estimate of drug-likeness (QED) is 0.204. The van der Waals surface area contributed by atoms with Gasteiger partial charge in [0.1, 0.15) is 12.1 Å². The van der Waals surface area contributed by atoms with Crippen LogP contribution in [-0.4, -0.2) is 63.9 Å². The fourth-order valence-electron chi connectivity index (χ4n) is 5.62. The van der Waals surface area contributed by atoms with Crippen molar-refractivity contribution in [1.29, 1.82) is 0 Å². The summed E-state index contributed by atoms with van der Waals surface area (Å²) in [6.07, 6.45) is -0.0281. The monoisotopic (exact) mass is 586 g/mol. The SMILES string of the molecule is O=C(COC(=O)[C@H](Cc1ccccc1)N1C(=O)c2ccccc2C1=O)[C@H](Cc1ccccc1)N1C(=O)c2ccccc2C1=O. The third kappa shape index (κ3) is 5.20. The van der Waals surface area contributed by atoms with Crippen LogP contribution in [0, 0.1) is 0 Å². The zero-order valence-corrected chi connectivity index (χ0v) is 23.4. The molecule has 4 aromatic rings. The molecule has 0 saturated heterocycles. The fraction of sp³-hybridized carbons (Fsp3) is 0.143. The van der Waals surface area contributed by atoms with Gasteiger partial charge < -0.3 is 4.74 Å². The summed E-state index contributed by atoms with van der Waals surface area (Å²) in [6.45, 7) is -0.780. The maximum atomic E-state index is 13.7. The lowest BCUT2D eigenvalue weighted by Gasteiger charge is -2.27. The van der Waals surface area contributed by atoms with Crippen LogP contribution in [-0.2, 0) is 27.2 Å². The molecule has 0 aromatic heterocycles. The topological polar surface area (TPSA) is 118 Å². The molecule has 4 amide bonds. The zero-order valence-electron chi connectivity index (χ0n) is 23.4. The molecule has 218 valence electrons. The van der Waals surface area contributed by atoms with E-state index < -0.39 is 54.1 Å². The number of imide groups is 2. The molecule has 2 heterocycles. The van der Waals surface area contributed by atoms with E-state index in [0.717, 1.165) is 9.80 Å². The lowest BCUT2D eigenvalue weighted by molar-refractivity contribution is -0.152. The molecule has 0 aliphatic carbocycles. The van der Waals surface area contributed by atoms with Crippen molar-refractivity contribution in [2.24, 2.45) is 0 Å². The molecule has 0 unspecified atom stereocenters. The summed E-state index contributed by atoms with van der Waals surface area (Å²) in [5.41, 5.74) is 2.09. The molecular formula is C35H26N2O7. The molecule has 0 saturated carbocycles. The Bertz CT molecular complexity index is 1600. The number of amides is 4. The second-order valence-corrected chi connectivity index (χ2v) is 10.5. The van der Waals surface area contributed by atoms with E-state index in [2.05, 4.69) is 0 Å². The van der Waals surface area contributed by atoms with Gasteiger partial charge in [0, 0.05) is 12.8 Å². The van der Waals surface area contributed by atoms with Crippen molar-refractivity contribution in [3.63, 3.8) is 0 Å². The molecule has 9 nitrogen and oxygen atoms in total. The Balaban J connectivity index is 1.26. The van der Waals surface area contributed by atoms with Gasteiger partial charge in [0.05, 0.1) is 22.3 Å². The molecule has 2 aliphatic heterocycles. The number of fused-ring (bicyclic) bond motifs is 2. The first-order chi connectivity index (χ1) is 21.3. The maximum Gasteiger partial charge on any atom is 0.330 e. The Hall–Kier alpha value is -5.70. The Morgan fingerprint density at radius 3 is 1.25 bits per heavy atom. The van der Waals surface area contributed by atoms with Gasteiger partial charge in [-0.05, 0) is 35.4 Å². The highest BCUT2D eigenvalue weighted by atomic mass is 16.5. The van der Waals surface area contributed by atoms with Gasteiger partial charge >= 0.3 is 5.97 Å². The highest BCUT2D eigenvalue weighted by Crippen LogP contribution is 2.28. The van der Waals surface area contributed by atoms with Crippen molar-refractivity contribution in [3.05, 3.63) is 143 Å². The van der Waals surface area contributed by atoms with Crippen molar-refractivity contribution < 1.29 is 33.5 Å². The van der Waals surface area contributed by atoms with Crippen LogP contribution in [0.3, 0.4) is 0 Å². The Labute approximate surface area is 252 Å². The highest BCUT2D eigenvalue weighted by molar-refractivity contribution is 6.23. The number of benzene rings is 4. The second-order valence-electron chi connectivity index (χ2n) is 10.5. The van der Waals surface area contributed by atoms with Gasteiger partial charge in [0.25, 0.3) is 23.6 Å². The molecule has 2 atom stereocenters. The molecule has 0 fully saturated rings. The number of Topliss-reactive ketones (excluding diaryl/α,β-unsaturated/α-hetero) is 1. The van der Waals surface area contributed by atoms with E-state index in [1.807, 2.05) is 0 Å². The Morgan fingerprint density at radius 2 is 0.841 bits per heavy atom. The van der Waals surface area contributed by atoms with Crippen LogP contribution in [0.25, 0.3) is 0 Å². The number of ether oxygens (including phenoxy) is 1. The van der Waals surface area contributed by atoms with Crippen LogP contribution in [0.5, 0.6) is 0 Å². The third-order valence-corrected chi connectivity index (χ3v) is 7.82. The van der Waals surface area contributed by atoms with Crippen LogP contribution in [0.2, 0.25) is 0 Å². The summed E-state index contributed by atoms with van der Waals surface area (Å²) in [7, 11) is 0. The van der Waals surface area contributed by atoms with Gasteiger partial charge in [-0.1, -0.05) is 84.9 Å². The van der Waals surface area contributed by atoms with Crippen molar-refractivity contribution in [2.45, 2.75) is 24.9 Å². The molecule has 0 spiro atoms. The van der Waals surface area contributed by atoms with Gasteiger partial charge in [-0.3, -0.25) is 33.8 Å². The Kier molecular flexibility index (Phi) is 7.68. The molecule has 0 radical (unpaired) electrons. The summed E-state index contributed by atoms with van der Waals surface area (Å²) in [5.74, 6) is -4.14. The van der Waals surface area contributed by atoms with Crippen molar-refractivity contribution in [3.8, 4) is 0 Å². The number of esters is 1. The lowest BCUT2D eigenvalue weighted by atomic mass is 10.0. The summed E-state index contributed by atoms with van der Waals surface area (Å²) in [6, 6.07) is 27.7. The average molecular weight is 587 g/mol.